The molecule has 5 aromatic carbocycles. The number of hydrogen-bond acceptors (Lipinski definition) is 4. The van der Waals surface area contributed by atoms with Crippen LogP contribution in [0, 0.1) is 0 Å². The average Bonchev–Trinajstić information content (AvgIpc) is 2.97. The minimum Gasteiger partial charge on any atom is -0.288 e. The Hall–Kier alpha value is -4.32. The summed E-state index contributed by atoms with van der Waals surface area (Å²) < 4.78 is 0. The predicted molar refractivity (Wildman–Crippen MR) is 162 cm³/mol. The lowest BCUT2D eigenvalue weighted by molar-refractivity contribution is 0.0516. The van der Waals surface area contributed by atoms with Crippen LogP contribution in [-0.4, -0.2) is 34.6 Å². The van der Waals surface area contributed by atoms with Crippen LogP contribution in [0.1, 0.15) is 107 Å². The molecule has 7 rings (SSSR count). The first-order valence-corrected chi connectivity index (χ1v) is 14.9. The van der Waals surface area contributed by atoms with Gasteiger partial charge in [-0.3, -0.25) is 29.4 Å². The summed E-state index contributed by atoms with van der Waals surface area (Å²) >= 11 is 0. The number of rotatable bonds is 9. The standard InChI is InChI=1S/C35H32N2O4/c1-3-5-7-9-19(10-8-6-4-2)37-34(40)26-17-13-22-20-11-15-24-30-25(33(39)36-32(24)38)16-12-21(28(20)30)23-14-18-27(35(37)41)31(26)29(22)23/h11-19H,3-10H2,1-2H3,(H,36,38,39). The van der Waals surface area contributed by atoms with E-state index in [2.05, 4.69) is 19.2 Å². The molecule has 0 aliphatic carbocycles. The van der Waals surface area contributed by atoms with Crippen LogP contribution in [0.4, 0.5) is 0 Å². The molecule has 2 heterocycles. The molecule has 5 aromatic rings. The van der Waals surface area contributed by atoms with E-state index in [-0.39, 0.29) is 17.9 Å². The second kappa shape index (κ2) is 9.65. The van der Waals surface area contributed by atoms with Gasteiger partial charge in [-0.25, -0.2) is 0 Å². The maximum absolute atomic E-state index is 14.1. The Bertz CT molecular complexity index is 1810. The molecule has 206 valence electrons. The summed E-state index contributed by atoms with van der Waals surface area (Å²) in [6.07, 6.45) is 8.00. The van der Waals surface area contributed by atoms with E-state index >= 15 is 0 Å². The Kier molecular flexibility index (Phi) is 6.03. The predicted octanol–water partition coefficient (Wildman–Crippen LogP) is 7.75. The third-order valence-corrected chi connectivity index (χ3v) is 9.16. The Morgan fingerprint density at radius 3 is 1.34 bits per heavy atom. The van der Waals surface area contributed by atoms with Gasteiger partial charge in [0.05, 0.1) is 0 Å². The lowest BCUT2D eigenvalue weighted by Gasteiger charge is -2.35. The van der Waals surface area contributed by atoms with E-state index in [4.69, 9.17) is 0 Å². The molecule has 0 saturated carbocycles. The molecular weight excluding hydrogens is 512 g/mol. The second-order valence-corrected chi connectivity index (χ2v) is 11.6. The molecule has 4 amide bonds. The van der Waals surface area contributed by atoms with Gasteiger partial charge in [-0.1, -0.05) is 76.6 Å². The lowest BCUT2D eigenvalue weighted by Crippen LogP contribution is -2.47. The van der Waals surface area contributed by atoms with Gasteiger partial charge < -0.3 is 0 Å². The third-order valence-electron chi connectivity index (χ3n) is 9.16. The van der Waals surface area contributed by atoms with Gasteiger partial charge in [-0.05, 0) is 69.4 Å². The van der Waals surface area contributed by atoms with Crippen LogP contribution < -0.4 is 5.32 Å². The normalized spacial score (nSPS) is 15.0. The first kappa shape index (κ1) is 25.6. The zero-order valence-electron chi connectivity index (χ0n) is 23.4. The number of nitrogens with zero attached hydrogens (tertiary/aromatic N) is 1. The molecule has 0 bridgehead atoms. The van der Waals surface area contributed by atoms with E-state index < -0.39 is 11.8 Å². The van der Waals surface area contributed by atoms with E-state index in [0.717, 1.165) is 83.7 Å². The molecule has 2 aliphatic rings. The molecule has 2 aliphatic heterocycles. The van der Waals surface area contributed by atoms with Crippen LogP contribution in [0.5, 0.6) is 0 Å². The SMILES string of the molecule is CCCCCC(CCCCC)N1C(=O)c2ccc3c4ccc5c6c(ccc(c7ccc(c2c37)C1=O)c64)C(=O)NC5=O. The third kappa shape index (κ3) is 3.62. The Balaban J connectivity index is 1.45. The highest BCUT2D eigenvalue weighted by molar-refractivity contribution is 6.41. The molecule has 0 fully saturated rings. The number of hydrogen-bond donors (Lipinski definition) is 1. The van der Waals surface area contributed by atoms with Gasteiger partial charge in [0.1, 0.15) is 0 Å². The molecule has 0 aromatic heterocycles. The van der Waals surface area contributed by atoms with Crippen molar-refractivity contribution in [1.82, 2.24) is 10.2 Å². The van der Waals surface area contributed by atoms with Crippen LogP contribution in [0.3, 0.4) is 0 Å². The maximum atomic E-state index is 14.1. The summed E-state index contributed by atoms with van der Waals surface area (Å²) in [5.74, 6) is -1.21. The van der Waals surface area contributed by atoms with Gasteiger partial charge in [0.2, 0.25) is 0 Å². The number of carbonyl (C=O) groups excluding carboxylic acids is 4. The number of fused-ring (bicyclic) bond motifs is 2. The Labute approximate surface area is 238 Å². The molecular formula is C35H32N2O4. The zero-order valence-corrected chi connectivity index (χ0v) is 23.4. The number of imide groups is 2. The van der Waals surface area contributed by atoms with Crippen molar-refractivity contribution >= 4 is 66.7 Å². The summed E-state index contributed by atoms with van der Waals surface area (Å²) in [6.45, 7) is 4.33. The van der Waals surface area contributed by atoms with Crippen LogP contribution in [0.25, 0.3) is 43.1 Å². The Morgan fingerprint density at radius 2 is 0.927 bits per heavy atom. The van der Waals surface area contributed by atoms with Crippen molar-refractivity contribution in [3.63, 3.8) is 0 Å². The molecule has 0 radical (unpaired) electrons. The smallest absolute Gasteiger partial charge is 0.261 e. The quantitative estimate of drug-likeness (QED) is 0.0890. The molecule has 41 heavy (non-hydrogen) atoms. The van der Waals surface area contributed by atoms with Crippen LogP contribution in [0.15, 0.2) is 48.5 Å². The van der Waals surface area contributed by atoms with Gasteiger partial charge in [0, 0.05) is 39.1 Å². The molecule has 6 nitrogen and oxygen atoms in total. The number of carbonyl (C=O) groups is 4. The fourth-order valence-electron chi connectivity index (χ4n) is 7.21. The topological polar surface area (TPSA) is 83.6 Å². The number of nitrogens with one attached hydrogen (secondary N) is 1. The van der Waals surface area contributed by atoms with E-state index in [1.54, 1.807) is 17.0 Å². The summed E-state index contributed by atoms with van der Waals surface area (Å²) in [5.41, 5.74) is 2.10. The van der Waals surface area contributed by atoms with Crippen LogP contribution in [-0.2, 0) is 0 Å². The number of unbranched alkanes of at least 4 members (excludes halogenated alkanes) is 4. The van der Waals surface area contributed by atoms with E-state index in [1.165, 1.54) is 0 Å². The monoisotopic (exact) mass is 544 g/mol. The highest BCUT2D eigenvalue weighted by Gasteiger charge is 2.38. The van der Waals surface area contributed by atoms with E-state index in [1.807, 2.05) is 36.4 Å². The fourth-order valence-corrected chi connectivity index (χ4v) is 7.21. The van der Waals surface area contributed by atoms with Crippen molar-refractivity contribution in [2.75, 3.05) is 0 Å². The first-order chi connectivity index (χ1) is 20.0. The van der Waals surface area contributed by atoms with Gasteiger partial charge in [-0.2, -0.15) is 0 Å². The van der Waals surface area contributed by atoms with Crippen molar-refractivity contribution in [2.45, 2.75) is 71.3 Å². The molecule has 0 spiro atoms. The van der Waals surface area contributed by atoms with Crippen molar-refractivity contribution in [3.8, 4) is 0 Å². The summed E-state index contributed by atoms with van der Waals surface area (Å²) in [4.78, 5) is 55.2. The van der Waals surface area contributed by atoms with E-state index in [9.17, 15) is 19.2 Å². The van der Waals surface area contributed by atoms with Gasteiger partial charge in [0.15, 0.2) is 0 Å². The van der Waals surface area contributed by atoms with Crippen molar-refractivity contribution in [1.29, 1.82) is 0 Å². The minimum atomic E-state index is -0.397. The molecule has 0 saturated heterocycles. The van der Waals surface area contributed by atoms with Crippen LogP contribution in [0.2, 0.25) is 0 Å². The fraction of sp³-hybridized carbons (Fsp3) is 0.314. The molecule has 1 N–H and O–H groups in total. The molecule has 0 unspecified atom stereocenters. The highest BCUT2D eigenvalue weighted by Crippen LogP contribution is 2.46. The summed E-state index contributed by atoms with van der Waals surface area (Å²) in [5, 5.41) is 9.17. The largest absolute Gasteiger partial charge is 0.288 e. The molecule has 0 atom stereocenters. The zero-order chi connectivity index (χ0) is 28.4. The van der Waals surface area contributed by atoms with Crippen molar-refractivity contribution < 1.29 is 19.2 Å². The average molecular weight is 545 g/mol. The minimum absolute atomic E-state index is 0.107. The first-order valence-electron chi connectivity index (χ1n) is 14.9. The molecule has 6 heteroatoms. The summed E-state index contributed by atoms with van der Waals surface area (Å²) in [6, 6.07) is 14.9. The lowest BCUT2D eigenvalue weighted by atomic mass is 9.82. The second-order valence-electron chi connectivity index (χ2n) is 11.6. The maximum Gasteiger partial charge on any atom is 0.261 e. The number of amides is 4. The highest BCUT2D eigenvalue weighted by atomic mass is 16.2. The van der Waals surface area contributed by atoms with E-state index in [0.29, 0.717) is 33.0 Å². The van der Waals surface area contributed by atoms with Crippen LogP contribution >= 0.6 is 0 Å². The van der Waals surface area contributed by atoms with Crippen molar-refractivity contribution in [2.24, 2.45) is 0 Å². The van der Waals surface area contributed by atoms with Gasteiger partial charge in [-0.15, -0.1) is 0 Å². The van der Waals surface area contributed by atoms with Crippen molar-refractivity contribution in [3.05, 3.63) is 70.8 Å². The Morgan fingerprint density at radius 1 is 0.537 bits per heavy atom. The van der Waals surface area contributed by atoms with Gasteiger partial charge in [0.25, 0.3) is 23.6 Å². The van der Waals surface area contributed by atoms with Gasteiger partial charge >= 0.3 is 0 Å². The summed E-state index contributed by atoms with van der Waals surface area (Å²) in [7, 11) is 0. The number of benzene rings is 5.